The van der Waals surface area contributed by atoms with Crippen LogP contribution in [-0.4, -0.2) is 20.9 Å². The Morgan fingerprint density at radius 3 is 2.46 bits per heavy atom. The van der Waals surface area contributed by atoms with E-state index in [9.17, 15) is 13.2 Å². The van der Waals surface area contributed by atoms with Crippen molar-refractivity contribution in [3.63, 3.8) is 0 Å². The van der Waals surface area contributed by atoms with Crippen molar-refractivity contribution in [2.45, 2.75) is 18.7 Å². The molecule has 0 saturated heterocycles. The van der Waals surface area contributed by atoms with Gasteiger partial charge in [-0.25, -0.2) is 8.42 Å². The highest BCUT2D eigenvalue weighted by atomic mass is 32.2. The SMILES string of the molecule is CC(C)COc1cccc(C(=O)NNS(=O)(=O)c2ccccc2)c1. The Morgan fingerprint density at radius 1 is 1.08 bits per heavy atom. The Balaban J connectivity index is 2.01. The lowest BCUT2D eigenvalue weighted by Gasteiger charge is -2.11. The minimum absolute atomic E-state index is 0.0688. The molecule has 6 nitrogen and oxygen atoms in total. The first-order chi connectivity index (χ1) is 11.4. The summed E-state index contributed by atoms with van der Waals surface area (Å²) in [6.45, 7) is 4.58. The van der Waals surface area contributed by atoms with E-state index in [1.165, 1.54) is 12.1 Å². The molecular formula is C17H20N2O4S. The van der Waals surface area contributed by atoms with Gasteiger partial charge in [0, 0.05) is 5.56 Å². The molecular weight excluding hydrogens is 328 g/mol. The minimum Gasteiger partial charge on any atom is -0.493 e. The van der Waals surface area contributed by atoms with E-state index >= 15 is 0 Å². The summed E-state index contributed by atoms with van der Waals surface area (Å²) < 4.78 is 29.7. The number of rotatable bonds is 7. The van der Waals surface area contributed by atoms with E-state index in [0.717, 1.165) is 0 Å². The first-order valence-electron chi connectivity index (χ1n) is 7.48. The van der Waals surface area contributed by atoms with Crippen LogP contribution >= 0.6 is 0 Å². The predicted octanol–water partition coefficient (Wildman–Crippen LogP) is 2.34. The number of benzene rings is 2. The number of sulfonamides is 1. The quantitative estimate of drug-likeness (QED) is 0.752. The molecule has 0 unspecified atom stereocenters. The van der Waals surface area contributed by atoms with Gasteiger partial charge in [0.2, 0.25) is 0 Å². The Hall–Kier alpha value is -2.38. The molecule has 7 heteroatoms. The number of hydrogen-bond acceptors (Lipinski definition) is 4. The molecule has 2 aromatic carbocycles. The monoisotopic (exact) mass is 348 g/mol. The van der Waals surface area contributed by atoms with E-state index in [-0.39, 0.29) is 4.90 Å². The molecule has 1 amide bonds. The van der Waals surface area contributed by atoms with Gasteiger partial charge in [0.25, 0.3) is 15.9 Å². The largest absolute Gasteiger partial charge is 0.493 e. The second-order valence-electron chi connectivity index (χ2n) is 5.61. The highest BCUT2D eigenvalue weighted by molar-refractivity contribution is 7.89. The molecule has 0 saturated carbocycles. The average Bonchev–Trinajstić information content (AvgIpc) is 2.59. The van der Waals surface area contributed by atoms with E-state index in [1.807, 2.05) is 13.8 Å². The van der Waals surface area contributed by atoms with Crippen LogP contribution in [-0.2, 0) is 10.0 Å². The van der Waals surface area contributed by atoms with E-state index in [1.54, 1.807) is 42.5 Å². The molecule has 0 spiro atoms. The molecule has 2 rings (SSSR count). The van der Waals surface area contributed by atoms with Crippen molar-refractivity contribution in [1.29, 1.82) is 0 Å². The van der Waals surface area contributed by atoms with E-state index < -0.39 is 15.9 Å². The van der Waals surface area contributed by atoms with Gasteiger partial charge < -0.3 is 4.74 Å². The van der Waals surface area contributed by atoms with Gasteiger partial charge in [0.15, 0.2) is 0 Å². The Bertz CT molecular complexity index is 789. The third-order valence-corrected chi connectivity index (χ3v) is 4.30. The number of amides is 1. The smallest absolute Gasteiger partial charge is 0.266 e. The second kappa shape index (κ2) is 7.94. The Kier molecular flexibility index (Phi) is 5.94. The molecule has 0 aliphatic heterocycles. The normalized spacial score (nSPS) is 11.3. The van der Waals surface area contributed by atoms with E-state index in [2.05, 4.69) is 10.3 Å². The van der Waals surface area contributed by atoms with Gasteiger partial charge in [0.1, 0.15) is 5.75 Å². The van der Waals surface area contributed by atoms with Crippen LogP contribution in [0.5, 0.6) is 5.75 Å². The van der Waals surface area contributed by atoms with Crippen LogP contribution in [0.4, 0.5) is 0 Å². The summed E-state index contributed by atoms with van der Waals surface area (Å²) in [5.41, 5.74) is 2.50. The molecule has 0 heterocycles. The van der Waals surface area contributed by atoms with Crippen molar-refractivity contribution in [2.24, 2.45) is 5.92 Å². The molecule has 0 aliphatic rings. The van der Waals surface area contributed by atoms with Crippen molar-refractivity contribution in [3.05, 3.63) is 60.2 Å². The fourth-order valence-electron chi connectivity index (χ4n) is 1.83. The number of nitrogens with one attached hydrogen (secondary N) is 2. The van der Waals surface area contributed by atoms with Crippen molar-refractivity contribution in [2.75, 3.05) is 6.61 Å². The standard InChI is InChI=1S/C17H20N2O4S/c1-13(2)12-23-15-8-6-7-14(11-15)17(20)18-19-24(21,22)16-9-4-3-5-10-16/h3-11,13,19H,12H2,1-2H3,(H,18,20). The zero-order chi connectivity index (χ0) is 17.6. The van der Waals surface area contributed by atoms with Crippen molar-refractivity contribution >= 4 is 15.9 Å². The highest BCUT2D eigenvalue weighted by Crippen LogP contribution is 2.14. The third-order valence-electron chi connectivity index (χ3n) is 3.03. The van der Waals surface area contributed by atoms with E-state index in [4.69, 9.17) is 4.74 Å². The van der Waals surface area contributed by atoms with Crippen LogP contribution in [0, 0.1) is 5.92 Å². The fourth-order valence-corrected chi connectivity index (χ4v) is 2.69. The van der Waals surface area contributed by atoms with Crippen molar-refractivity contribution in [1.82, 2.24) is 10.3 Å². The van der Waals surface area contributed by atoms with Gasteiger partial charge in [-0.15, -0.1) is 4.83 Å². The molecule has 0 radical (unpaired) electrons. The maximum atomic E-state index is 12.1. The summed E-state index contributed by atoms with van der Waals surface area (Å²) >= 11 is 0. The molecule has 2 aromatic rings. The molecule has 128 valence electrons. The number of hydrogen-bond donors (Lipinski definition) is 2. The van der Waals surface area contributed by atoms with Gasteiger partial charge in [0.05, 0.1) is 11.5 Å². The summed E-state index contributed by atoms with van der Waals surface area (Å²) in [4.78, 5) is 14.3. The molecule has 0 fully saturated rings. The van der Waals surface area contributed by atoms with Gasteiger partial charge in [-0.1, -0.05) is 38.1 Å². The van der Waals surface area contributed by atoms with Crippen LogP contribution in [0.1, 0.15) is 24.2 Å². The van der Waals surface area contributed by atoms with Gasteiger partial charge in [-0.2, -0.15) is 0 Å². The maximum Gasteiger partial charge on any atom is 0.266 e. The van der Waals surface area contributed by atoms with Crippen molar-refractivity contribution < 1.29 is 17.9 Å². The minimum atomic E-state index is -3.81. The fraction of sp³-hybridized carbons (Fsp3) is 0.235. The number of carbonyl (C=O) groups excluding carboxylic acids is 1. The van der Waals surface area contributed by atoms with Crippen LogP contribution in [0.25, 0.3) is 0 Å². The maximum absolute atomic E-state index is 12.1. The van der Waals surface area contributed by atoms with Crippen LogP contribution < -0.4 is 15.0 Å². The number of hydrazine groups is 1. The molecule has 0 atom stereocenters. The summed E-state index contributed by atoms with van der Waals surface area (Å²) in [6.07, 6.45) is 0. The van der Waals surface area contributed by atoms with Crippen LogP contribution in [0.3, 0.4) is 0 Å². The second-order valence-corrected chi connectivity index (χ2v) is 7.29. The van der Waals surface area contributed by atoms with E-state index in [0.29, 0.717) is 23.8 Å². The first kappa shape index (κ1) is 18.0. The topological polar surface area (TPSA) is 84.5 Å². The molecule has 0 aromatic heterocycles. The van der Waals surface area contributed by atoms with Crippen LogP contribution in [0.15, 0.2) is 59.5 Å². The molecule has 0 aliphatic carbocycles. The first-order valence-corrected chi connectivity index (χ1v) is 8.97. The number of ether oxygens (including phenoxy) is 1. The molecule has 0 bridgehead atoms. The zero-order valence-electron chi connectivity index (χ0n) is 13.5. The predicted molar refractivity (Wildman–Crippen MR) is 91.0 cm³/mol. The van der Waals surface area contributed by atoms with Gasteiger partial charge in [-0.3, -0.25) is 10.2 Å². The Morgan fingerprint density at radius 2 is 1.79 bits per heavy atom. The number of carbonyl (C=O) groups is 1. The average molecular weight is 348 g/mol. The zero-order valence-corrected chi connectivity index (χ0v) is 14.3. The lowest BCUT2D eigenvalue weighted by atomic mass is 10.2. The third kappa shape index (κ3) is 5.07. The summed E-state index contributed by atoms with van der Waals surface area (Å²) in [5, 5.41) is 0. The lowest BCUT2D eigenvalue weighted by Crippen LogP contribution is -2.41. The lowest BCUT2D eigenvalue weighted by molar-refractivity contribution is 0.0944. The van der Waals surface area contributed by atoms with Gasteiger partial charge in [-0.05, 0) is 36.2 Å². The Labute approximate surface area is 141 Å². The highest BCUT2D eigenvalue weighted by Gasteiger charge is 2.15. The summed E-state index contributed by atoms with van der Waals surface area (Å²) in [5.74, 6) is 0.354. The van der Waals surface area contributed by atoms with Crippen LogP contribution in [0.2, 0.25) is 0 Å². The molecule has 2 N–H and O–H groups in total. The molecule has 24 heavy (non-hydrogen) atoms. The summed E-state index contributed by atoms with van der Waals surface area (Å²) in [7, 11) is -3.81. The summed E-state index contributed by atoms with van der Waals surface area (Å²) in [6, 6.07) is 14.4. The van der Waals surface area contributed by atoms with Gasteiger partial charge >= 0.3 is 0 Å². The van der Waals surface area contributed by atoms with Crippen molar-refractivity contribution in [3.8, 4) is 5.75 Å².